The molecule has 0 aliphatic rings. The van der Waals surface area contributed by atoms with E-state index in [0.717, 1.165) is 0 Å². The molecule has 1 rings (SSSR count). The summed E-state index contributed by atoms with van der Waals surface area (Å²) in [5.41, 5.74) is 0. The number of hydrogen-bond donors (Lipinski definition) is 0. The minimum absolute atomic E-state index is 0.0894. The summed E-state index contributed by atoms with van der Waals surface area (Å²) in [5.74, 6) is -0.586. The monoisotopic (exact) mass is 237 g/mol. The lowest BCUT2D eigenvalue weighted by Crippen LogP contribution is -2.22. The highest BCUT2D eigenvalue weighted by Gasteiger charge is 2.13. The van der Waals surface area contributed by atoms with Gasteiger partial charge in [0.15, 0.2) is 23.5 Å². The number of rotatable bonds is 5. The summed E-state index contributed by atoms with van der Waals surface area (Å²) in [7, 11) is 3.62. The highest BCUT2D eigenvalue weighted by molar-refractivity contribution is 5.93. The van der Waals surface area contributed by atoms with E-state index in [2.05, 4.69) is 0 Å². The van der Waals surface area contributed by atoms with Gasteiger partial charge in [-0.15, -0.1) is 0 Å². The Hall–Kier alpha value is -1.84. The van der Waals surface area contributed by atoms with Crippen molar-refractivity contribution in [2.24, 2.45) is 0 Å². The van der Waals surface area contributed by atoms with Gasteiger partial charge in [-0.2, -0.15) is 0 Å². The van der Waals surface area contributed by atoms with Crippen LogP contribution in [-0.2, 0) is 4.79 Å². The molecule has 0 unspecified atom stereocenters. The Morgan fingerprint density at radius 1 is 1.41 bits per heavy atom. The Morgan fingerprint density at radius 2 is 2.06 bits per heavy atom. The van der Waals surface area contributed by atoms with E-state index in [0.29, 0.717) is 0 Å². The van der Waals surface area contributed by atoms with Gasteiger partial charge in [0.1, 0.15) is 0 Å². The number of nitrogens with zero attached hydrogens (tertiary/aromatic N) is 1. The number of benzene rings is 1. The molecule has 0 aliphatic carbocycles. The SMILES string of the molecule is C[C@@H](Oc1ccccc1F)C(=O)/C=C/N(C)C. The zero-order valence-corrected chi connectivity index (χ0v) is 10.2. The summed E-state index contributed by atoms with van der Waals surface area (Å²) in [6, 6.07) is 6.02. The molecule has 17 heavy (non-hydrogen) atoms. The molecule has 0 amide bonds. The van der Waals surface area contributed by atoms with Gasteiger partial charge in [0, 0.05) is 26.4 Å². The van der Waals surface area contributed by atoms with Gasteiger partial charge in [-0.25, -0.2) is 4.39 Å². The van der Waals surface area contributed by atoms with Crippen LogP contribution in [0, 0.1) is 5.82 Å². The fourth-order valence-electron chi connectivity index (χ4n) is 1.15. The van der Waals surface area contributed by atoms with Gasteiger partial charge in [-0.3, -0.25) is 4.79 Å². The number of carbonyl (C=O) groups excluding carboxylic acids is 1. The zero-order chi connectivity index (χ0) is 12.8. The molecule has 92 valence electrons. The van der Waals surface area contributed by atoms with Crippen LogP contribution < -0.4 is 4.74 Å². The second kappa shape index (κ2) is 6.03. The minimum atomic E-state index is -0.705. The molecule has 0 saturated heterocycles. The van der Waals surface area contributed by atoms with Crippen molar-refractivity contribution in [3.8, 4) is 5.75 Å². The predicted octanol–water partition coefficient (Wildman–Crippen LogP) is 2.24. The van der Waals surface area contributed by atoms with Crippen LogP contribution in [0.15, 0.2) is 36.5 Å². The first-order valence-corrected chi connectivity index (χ1v) is 5.30. The summed E-state index contributed by atoms with van der Waals surface area (Å²) in [6.45, 7) is 1.59. The molecule has 0 fully saturated rings. The van der Waals surface area contributed by atoms with Crippen molar-refractivity contribution in [1.29, 1.82) is 0 Å². The van der Waals surface area contributed by atoms with Crippen LogP contribution in [0.25, 0.3) is 0 Å². The van der Waals surface area contributed by atoms with Crippen molar-refractivity contribution in [2.75, 3.05) is 14.1 Å². The number of ketones is 1. The molecule has 0 heterocycles. The Morgan fingerprint density at radius 3 is 2.65 bits per heavy atom. The molecule has 3 nitrogen and oxygen atoms in total. The number of ether oxygens (including phenoxy) is 1. The Bertz CT molecular complexity index is 416. The van der Waals surface area contributed by atoms with Crippen molar-refractivity contribution in [3.05, 3.63) is 42.4 Å². The largest absolute Gasteiger partial charge is 0.480 e. The van der Waals surface area contributed by atoms with Crippen LogP contribution in [0.5, 0.6) is 5.75 Å². The van der Waals surface area contributed by atoms with Crippen LogP contribution >= 0.6 is 0 Å². The third kappa shape index (κ3) is 4.26. The second-order valence-electron chi connectivity index (χ2n) is 3.87. The maximum absolute atomic E-state index is 13.3. The topological polar surface area (TPSA) is 29.5 Å². The van der Waals surface area contributed by atoms with Crippen LogP contribution in [0.2, 0.25) is 0 Å². The van der Waals surface area contributed by atoms with Gasteiger partial charge in [0.25, 0.3) is 0 Å². The number of para-hydroxylation sites is 1. The summed E-state index contributed by atoms with van der Waals surface area (Å²) < 4.78 is 18.5. The molecule has 0 aliphatic heterocycles. The van der Waals surface area contributed by atoms with E-state index < -0.39 is 11.9 Å². The van der Waals surface area contributed by atoms with E-state index in [1.54, 1.807) is 30.2 Å². The molecule has 0 bridgehead atoms. The molecule has 0 radical (unpaired) electrons. The molecular formula is C13H16FNO2. The Kier molecular flexibility index (Phi) is 4.69. The number of halogens is 1. The zero-order valence-electron chi connectivity index (χ0n) is 10.2. The van der Waals surface area contributed by atoms with Crippen molar-refractivity contribution in [3.63, 3.8) is 0 Å². The molecule has 0 spiro atoms. The van der Waals surface area contributed by atoms with Gasteiger partial charge in [-0.05, 0) is 19.1 Å². The van der Waals surface area contributed by atoms with Gasteiger partial charge in [0.2, 0.25) is 0 Å². The van der Waals surface area contributed by atoms with Crippen molar-refractivity contribution < 1.29 is 13.9 Å². The molecule has 1 aromatic rings. The number of hydrogen-bond acceptors (Lipinski definition) is 3. The minimum Gasteiger partial charge on any atom is -0.480 e. The average Bonchev–Trinajstić information content (AvgIpc) is 2.28. The average molecular weight is 237 g/mol. The van der Waals surface area contributed by atoms with E-state index in [-0.39, 0.29) is 11.5 Å². The van der Waals surface area contributed by atoms with Crippen LogP contribution in [0.4, 0.5) is 4.39 Å². The molecule has 4 heteroatoms. The third-order valence-corrected chi connectivity index (χ3v) is 2.08. The quantitative estimate of drug-likeness (QED) is 0.735. The van der Waals surface area contributed by atoms with Gasteiger partial charge < -0.3 is 9.64 Å². The maximum Gasteiger partial charge on any atom is 0.197 e. The highest BCUT2D eigenvalue weighted by Crippen LogP contribution is 2.17. The van der Waals surface area contributed by atoms with Crippen molar-refractivity contribution in [2.45, 2.75) is 13.0 Å². The maximum atomic E-state index is 13.3. The van der Waals surface area contributed by atoms with Gasteiger partial charge >= 0.3 is 0 Å². The molecule has 0 aromatic heterocycles. The number of carbonyl (C=O) groups is 1. The summed E-state index contributed by atoms with van der Waals surface area (Å²) in [6.07, 6.45) is 2.33. The van der Waals surface area contributed by atoms with Crippen LogP contribution in [0.1, 0.15) is 6.92 Å². The highest BCUT2D eigenvalue weighted by atomic mass is 19.1. The molecule has 1 aromatic carbocycles. The lowest BCUT2D eigenvalue weighted by atomic mass is 10.2. The third-order valence-electron chi connectivity index (χ3n) is 2.08. The molecule has 1 atom stereocenters. The molecular weight excluding hydrogens is 221 g/mol. The smallest absolute Gasteiger partial charge is 0.197 e. The van der Waals surface area contributed by atoms with Crippen LogP contribution in [-0.4, -0.2) is 30.9 Å². The summed E-state index contributed by atoms with van der Waals surface area (Å²) in [4.78, 5) is 13.3. The lowest BCUT2D eigenvalue weighted by Gasteiger charge is -2.12. The first-order chi connectivity index (χ1) is 8.00. The fraction of sp³-hybridized carbons (Fsp3) is 0.308. The van der Waals surface area contributed by atoms with Crippen molar-refractivity contribution in [1.82, 2.24) is 4.90 Å². The first kappa shape index (κ1) is 13.2. The van der Waals surface area contributed by atoms with Crippen LogP contribution in [0.3, 0.4) is 0 Å². The van der Waals surface area contributed by atoms with E-state index >= 15 is 0 Å². The van der Waals surface area contributed by atoms with E-state index in [4.69, 9.17) is 4.74 Å². The van der Waals surface area contributed by atoms with Gasteiger partial charge in [0.05, 0.1) is 0 Å². The summed E-state index contributed by atoms with van der Waals surface area (Å²) >= 11 is 0. The second-order valence-corrected chi connectivity index (χ2v) is 3.87. The normalized spacial score (nSPS) is 12.5. The predicted molar refractivity (Wildman–Crippen MR) is 64.3 cm³/mol. The lowest BCUT2D eigenvalue weighted by molar-refractivity contribution is -0.120. The Balaban J connectivity index is 2.63. The fourth-order valence-corrected chi connectivity index (χ4v) is 1.15. The van der Waals surface area contributed by atoms with Crippen molar-refractivity contribution >= 4 is 5.78 Å². The summed E-state index contributed by atoms with van der Waals surface area (Å²) in [5, 5.41) is 0. The Labute approximate surface area is 100 Å². The van der Waals surface area contributed by atoms with E-state index in [1.165, 1.54) is 18.2 Å². The molecule has 0 N–H and O–H groups in total. The van der Waals surface area contributed by atoms with E-state index in [1.807, 2.05) is 14.1 Å². The standard InChI is InChI=1S/C13H16FNO2/c1-10(12(16)8-9-15(2)3)17-13-7-5-4-6-11(13)14/h4-10H,1-3H3/b9-8+/t10-/m1/s1. The van der Waals surface area contributed by atoms with Gasteiger partial charge in [-0.1, -0.05) is 12.1 Å². The van der Waals surface area contributed by atoms with E-state index in [9.17, 15) is 9.18 Å². The first-order valence-electron chi connectivity index (χ1n) is 5.30. The molecule has 0 saturated carbocycles.